The van der Waals surface area contributed by atoms with Gasteiger partial charge in [0.15, 0.2) is 0 Å². The van der Waals surface area contributed by atoms with Gasteiger partial charge >= 0.3 is 6.03 Å². The summed E-state index contributed by atoms with van der Waals surface area (Å²) in [7, 11) is 0. The summed E-state index contributed by atoms with van der Waals surface area (Å²) in [5.41, 5.74) is 2.09. The number of rotatable bonds is 4. The molecule has 4 aromatic rings. The first-order valence-electron chi connectivity index (χ1n) is 11.2. The number of imide groups is 1. The molecule has 1 aromatic heterocycles. The number of urea groups is 1. The summed E-state index contributed by atoms with van der Waals surface area (Å²) in [5.74, 6) is -0.752. The number of benzene rings is 3. The summed E-state index contributed by atoms with van der Waals surface area (Å²) in [5, 5.41) is 6.36. The number of hydrogen-bond acceptors (Lipinski definition) is 6. The van der Waals surface area contributed by atoms with Crippen molar-refractivity contribution in [2.24, 2.45) is 0 Å². The Hall–Kier alpha value is -4.53. The van der Waals surface area contributed by atoms with Crippen LogP contribution in [-0.4, -0.2) is 53.2 Å². The molecule has 35 heavy (non-hydrogen) atoms. The monoisotopic (exact) mass is 471 g/mol. The summed E-state index contributed by atoms with van der Waals surface area (Å²) >= 11 is 0. The number of anilines is 1. The average Bonchev–Trinajstić information content (AvgIpc) is 3.40. The number of nitrogens with one attached hydrogen (secondary N) is 1. The predicted octanol–water partition coefficient (Wildman–Crippen LogP) is 4.21. The highest BCUT2D eigenvalue weighted by Crippen LogP contribution is 2.24. The highest BCUT2D eigenvalue weighted by atomic mass is 19.1. The van der Waals surface area contributed by atoms with Crippen LogP contribution in [0.1, 0.15) is 10.4 Å². The van der Waals surface area contributed by atoms with Crippen molar-refractivity contribution in [3.05, 3.63) is 90.2 Å². The third-order valence-corrected chi connectivity index (χ3v) is 5.82. The second kappa shape index (κ2) is 9.76. The first kappa shape index (κ1) is 22.3. The van der Waals surface area contributed by atoms with Crippen LogP contribution in [0.4, 0.5) is 14.9 Å². The minimum absolute atomic E-state index is 0.0396. The second-order valence-electron chi connectivity index (χ2n) is 8.05. The molecule has 1 saturated heterocycles. The lowest BCUT2D eigenvalue weighted by molar-refractivity contribution is 0.0951. The molecule has 0 spiro atoms. The molecule has 0 saturated carbocycles. The molecule has 9 heteroatoms. The lowest BCUT2D eigenvalue weighted by Crippen LogP contribution is -2.52. The molecule has 3 amide bonds. The Bertz CT molecular complexity index is 1350. The Morgan fingerprint density at radius 2 is 1.63 bits per heavy atom. The van der Waals surface area contributed by atoms with Gasteiger partial charge in [0, 0.05) is 43.0 Å². The predicted molar refractivity (Wildman–Crippen MR) is 128 cm³/mol. The van der Waals surface area contributed by atoms with Crippen LogP contribution in [0.15, 0.2) is 83.4 Å². The number of amides is 3. The molecule has 5 rings (SSSR count). The quantitative estimate of drug-likeness (QED) is 0.479. The fourth-order valence-electron chi connectivity index (χ4n) is 3.94. The molecule has 176 valence electrons. The molecule has 2 heterocycles. The Labute approximate surface area is 201 Å². The Morgan fingerprint density at radius 1 is 0.886 bits per heavy atom. The topological polar surface area (TPSA) is 91.6 Å². The molecule has 0 radical (unpaired) electrons. The molecular weight excluding hydrogens is 449 g/mol. The SMILES string of the molecule is O=C(NC(=O)N1CCN(c2ccccc2)CC1)c1cccc(-c2noc(-c3ccccc3F)n2)c1. The molecule has 8 nitrogen and oxygen atoms in total. The zero-order valence-corrected chi connectivity index (χ0v) is 18.7. The van der Waals surface area contributed by atoms with Crippen LogP contribution in [0.5, 0.6) is 0 Å². The first-order valence-corrected chi connectivity index (χ1v) is 11.2. The highest BCUT2D eigenvalue weighted by molar-refractivity contribution is 6.04. The number of halogens is 1. The number of aromatic nitrogens is 2. The van der Waals surface area contributed by atoms with E-state index in [1.165, 1.54) is 6.07 Å². The molecule has 0 aliphatic carbocycles. The van der Waals surface area contributed by atoms with Crippen molar-refractivity contribution in [3.8, 4) is 22.8 Å². The van der Waals surface area contributed by atoms with E-state index in [-0.39, 0.29) is 22.8 Å². The summed E-state index contributed by atoms with van der Waals surface area (Å²) in [4.78, 5) is 33.5. The lowest BCUT2D eigenvalue weighted by atomic mass is 10.1. The fraction of sp³-hybridized carbons (Fsp3) is 0.154. The van der Waals surface area contributed by atoms with Crippen LogP contribution in [-0.2, 0) is 0 Å². The number of piperazine rings is 1. The van der Waals surface area contributed by atoms with E-state index < -0.39 is 17.8 Å². The molecule has 0 bridgehead atoms. The summed E-state index contributed by atoms with van der Waals surface area (Å²) in [6.45, 7) is 2.39. The lowest BCUT2D eigenvalue weighted by Gasteiger charge is -2.35. The second-order valence-corrected chi connectivity index (χ2v) is 8.05. The van der Waals surface area contributed by atoms with Gasteiger partial charge < -0.3 is 14.3 Å². The Balaban J connectivity index is 1.23. The van der Waals surface area contributed by atoms with E-state index >= 15 is 0 Å². The Morgan fingerprint density at radius 3 is 2.40 bits per heavy atom. The van der Waals surface area contributed by atoms with Crippen LogP contribution in [0, 0.1) is 5.82 Å². The van der Waals surface area contributed by atoms with Crippen molar-refractivity contribution in [1.82, 2.24) is 20.4 Å². The fourth-order valence-corrected chi connectivity index (χ4v) is 3.94. The van der Waals surface area contributed by atoms with Crippen LogP contribution >= 0.6 is 0 Å². The minimum Gasteiger partial charge on any atom is -0.368 e. The molecule has 1 N–H and O–H groups in total. The van der Waals surface area contributed by atoms with Gasteiger partial charge in [0.25, 0.3) is 11.8 Å². The molecule has 1 aliphatic rings. The third-order valence-electron chi connectivity index (χ3n) is 5.82. The van der Waals surface area contributed by atoms with Gasteiger partial charge in [-0.2, -0.15) is 4.98 Å². The van der Waals surface area contributed by atoms with E-state index in [1.54, 1.807) is 47.4 Å². The molecule has 1 aliphatic heterocycles. The van der Waals surface area contributed by atoms with Crippen molar-refractivity contribution in [3.63, 3.8) is 0 Å². The van der Waals surface area contributed by atoms with Crippen molar-refractivity contribution in [2.75, 3.05) is 31.1 Å². The van der Waals surface area contributed by atoms with Gasteiger partial charge in [-0.15, -0.1) is 0 Å². The van der Waals surface area contributed by atoms with Crippen LogP contribution in [0.25, 0.3) is 22.8 Å². The number of nitrogens with zero attached hydrogens (tertiary/aromatic N) is 4. The number of hydrogen-bond donors (Lipinski definition) is 1. The molecule has 3 aromatic carbocycles. The highest BCUT2D eigenvalue weighted by Gasteiger charge is 2.23. The van der Waals surface area contributed by atoms with Gasteiger partial charge in [-0.05, 0) is 36.4 Å². The zero-order chi connectivity index (χ0) is 24.2. The van der Waals surface area contributed by atoms with Crippen molar-refractivity contribution >= 4 is 17.6 Å². The summed E-state index contributed by atoms with van der Waals surface area (Å²) in [6.07, 6.45) is 0. The number of para-hydroxylation sites is 1. The normalized spacial score (nSPS) is 13.5. The molecular formula is C26H22FN5O3. The van der Waals surface area contributed by atoms with Crippen molar-refractivity contribution in [2.45, 2.75) is 0 Å². The van der Waals surface area contributed by atoms with Gasteiger partial charge in [0.1, 0.15) is 5.82 Å². The van der Waals surface area contributed by atoms with Crippen molar-refractivity contribution < 1.29 is 18.5 Å². The Kier molecular flexibility index (Phi) is 6.21. The number of carbonyl (C=O) groups is 2. The largest absolute Gasteiger partial charge is 0.368 e. The third kappa shape index (κ3) is 4.89. The minimum atomic E-state index is -0.528. The number of carbonyl (C=O) groups excluding carboxylic acids is 2. The maximum absolute atomic E-state index is 14.0. The van der Waals surface area contributed by atoms with E-state index in [2.05, 4.69) is 20.4 Å². The smallest absolute Gasteiger partial charge is 0.324 e. The molecule has 1 fully saturated rings. The van der Waals surface area contributed by atoms with E-state index in [9.17, 15) is 14.0 Å². The zero-order valence-electron chi connectivity index (χ0n) is 18.7. The average molecular weight is 471 g/mol. The summed E-state index contributed by atoms with van der Waals surface area (Å²) in [6, 6.07) is 22.2. The molecule has 0 atom stereocenters. The summed E-state index contributed by atoms with van der Waals surface area (Å²) < 4.78 is 19.2. The maximum atomic E-state index is 14.0. The van der Waals surface area contributed by atoms with E-state index in [0.717, 1.165) is 5.69 Å². The van der Waals surface area contributed by atoms with Gasteiger partial charge in [-0.25, -0.2) is 9.18 Å². The molecule has 0 unspecified atom stereocenters. The van der Waals surface area contributed by atoms with Gasteiger partial charge in [-0.3, -0.25) is 10.1 Å². The van der Waals surface area contributed by atoms with Crippen LogP contribution in [0.3, 0.4) is 0 Å². The standard InChI is InChI=1S/C26H22FN5O3/c27-22-12-5-4-11-21(22)25-28-23(30-35-25)18-7-6-8-19(17-18)24(33)29-26(34)32-15-13-31(14-16-32)20-9-2-1-3-10-20/h1-12,17H,13-16H2,(H,29,33,34). The van der Waals surface area contributed by atoms with Crippen LogP contribution in [0.2, 0.25) is 0 Å². The first-order chi connectivity index (χ1) is 17.1. The van der Waals surface area contributed by atoms with Gasteiger partial charge in [0.2, 0.25) is 5.82 Å². The van der Waals surface area contributed by atoms with Crippen LogP contribution < -0.4 is 10.2 Å². The van der Waals surface area contributed by atoms with Gasteiger partial charge in [-0.1, -0.05) is 47.6 Å². The van der Waals surface area contributed by atoms with E-state index in [1.807, 2.05) is 30.3 Å². The van der Waals surface area contributed by atoms with Gasteiger partial charge in [0.05, 0.1) is 5.56 Å². The van der Waals surface area contributed by atoms with Crippen molar-refractivity contribution in [1.29, 1.82) is 0 Å². The van der Waals surface area contributed by atoms with E-state index in [4.69, 9.17) is 4.52 Å². The maximum Gasteiger partial charge on any atom is 0.324 e. The van der Waals surface area contributed by atoms with E-state index in [0.29, 0.717) is 31.7 Å².